The lowest BCUT2D eigenvalue weighted by Crippen LogP contribution is -1.90. The highest BCUT2D eigenvalue weighted by atomic mass is 35.5. The summed E-state index contributed by atoms with van der Waals surface area (Å²) in [6.45, 7) is 6.87. The fourth-order valence-electron chi connectivity index (χ4n) is 0.780. The van der Waals surface area contributed by atoms with Gasteiger partial charge >= 0.3 is 0 Å². The van der Waals surface area contributed by atoms with E-state index >= 15 is 0 Å². The number of aromatic nitrogens is 1. The van der Waals surface area contributed by atoms with E-state index in [2.05, 4.69) is 9.83 Å². The molecule has 12 heavy (non-hydrogen) atoms. The molecular formula is C8H7ClN2O. The Hall–Kier alpha value is -1.27. The summed E-state index contributed by atoms with van der Waals surface area (Å²) < 4.78 is 4.91. The molecule has 0 amide bonds. The monoisotopic (exact) mass is 182 g/mol. The van der Waals surface area contributed by atoms with Crippen LogP contribution in [-0.4, -0.2) is 12.1 Å². The number of rotatable bonds is 2. The number of hydrogen-bond donors (Lipinski definition) is 0. The highest BCUT2D eigenvalue weighted by Crippen LogP contribution is 2.21. The van der Waals surface area contributed by atoms with Gasteiger partial charge in [0.05, 0.1) is 7.11 Å². The number of nitrogens with zero attached hydrogens (tertiary/aromatic N) is 2. The summed E-state index contributed by atoms with van der Waals surface area (Å²) in [7, 11) is 1.53. The summed E-state index contributed by atoms with van der Waals surface area (Å²) in [6, 6.07) is 3.43. The van der Waals surface area contributed by atoms with Gasteiger partial charge in [-0.15, -0.1) is 0 Å². The van der Waals surface area contributed by atoms with Gasteiger partial charge in [-0.05, 0) is 12.1 Å². The molecule has 0 radical (unpaired) electrons. The SMILES string of the molecule is [C-]#[N+]Cc1ccc(OC)c(Cl)n1. The average Bonchev–Trinajstić information content (AvgIpc) is 2.05. The zero-order chi connectivity index (χ0) is 8.97. The van der Waals surface area contributed by atoms with Gasteiger partial charge in [-0.3, -0.25) is 0 Å². The smallest absolute Gasteiger partial charge is 0.256 e. The molecule has 0 aliphatic carbocycles. The minimum absolute atomic E-state index is 0.254. The van der Waals surface area contributed by atoms with E-state index < -0.39 is 0 Å². The van der Waals surface area contributed by atoms with E-state index in [1.165, 1.54) is 7.11 Å². The zero-order valence-corrected chi connectivity index (χ0v) is 7.30. The molecule has 0 N–H and O–H groups in total. The molecule has 0 aliphatic heterocycles. The van der Waals surface area contributed by atoms with E-state index in [1.807, 2.05) is 0 Å². The van der Waals surface area contributed by atoms with Gasteiger partial charge in [-0.25, -0.2) is 11.6 Å². The Bertz CT molecular complexity index is 319. The predicted molar refractivity (Wildman–Crippen MR) is 46.1 cm³/mol. The average molecular weight is 183 g/mol. The summed E-state index contributed by atoms with van der Waals surface area (Å²) in [5.41, 5.74) is 0.663. The summed E-state index contributed by atoms with van der Waals surface area (Å²) in [6.07, 6.45) is 0. The van der Waals surface area contributed by atoms with Crippen molar-refractivity contribution in [3.05, 3.63) is 34.4 Å². The molecule has 0 fully saturated rings. The van der Waals surface area contributed by atoms with Gasteiger partial charge in [0.15, 0.2) is 10.9 Å². The molecule has 0 spiro atoms. The fourth-order valence-corrected chi connectivity index (χ4v) is 1.03. The highest BCUT2D eigenvalue weighted by Gasteiger charge is 2.03. The van der Waals surface area contributed by atoms with Crippen LogP contribution in [0.5, 0.6) is 5.75 Å². The van der Waals surface area contributed by atoms with Crippen molar-refractivity contribution in [2.45, 2.75) is 6.54 Å². The minimum atomic E-state index is 0.254. The first-order chi connectivity index (χ1) is 5.77. The van der Waals surface area contributed by atoms with Crippen molar-refractivity contribution in [1.29, 1.82) is 0 Å². The molecule has 1 aromatic heterocycles. The fraction of sp³-hybridized carbons (Fsp3) is 0.250. The van der Waals surface area contributed by atoms with Crippen LogP contribution in [0.1, 0.15) is 5.69 Å². The van der Waals surface area contributed by atoms with Gasteiger partial charge in [0.2, 0.25) is 0 Å². The van der Waals surface area contributed by atoms with Crippen LogP contribution in [0.4, 0.5) is 0 Å². The first kappa shape index (κ1) is 8.82. The van der Waals surface area contributed by atoms with Crippen LogP contribution >= 0.6 is 11.6 Å². The second-order valence-corrected chi connectivity index (χ2v) is 2.47. The van der Waals surface area contributed by atoms with E-state index in [4.69, 9.17) is 22.9 Å². The standard InChI is InChI=1S/C8H7ClN2O/c1-10-5-6-3-4-7(12-2)8(9)11-6/h3-4H,5H2,2H3. The van der Waals surface area contributed by atoms with Crippen LogP contribution in [0.25, 0.3) is 4.85 Å². The van der Waals surface area contributed by atoms with E-state index in [9.17, 15) is 0 Å². The van der Waals surface area contributed by atoms with Crippen molar-refractivity contribution in [2.75, 3.05) is 7.11 Å². The molecule has 4 heteroatoms. The quantitative estimate of drug-likeness (QED) is 0.518. The molecule has 0 saturated heterocycles. The Balaban J connectivity index is 2.95. The predicted octanol–water partition coefficient (Wildman–Crippen LogP) is 2.16. The molecule has 1 rings (SSSR count). The normalized spacial score (nSPS) is 9.08. The van der Waals surface area contributed by atoms with Crippen molar-refractivity contribution in [3.8, 4) is 5.75 Å². The first-order valence-corrected chi connectivity index (χ1v) is 3.68. The van der Waals surface area contributed by atoms with Gasteiger partial charge in [0, 0.05) is 0 Å². The Morgan fingerprint density at radius 1 is 1.67 bits per heavy atom. The van der Waals surface area contributed by atoms with Crippen LogP contribution in [0, 0.1) is 6.57 Å². The number of pyridine rings is 1. The van der Waals surface area contributed by atoms with Gasteiger partial charge < -0.3 is 9.58 Å². The number of methoxy groups -OCH3 is 1. The number of halogens is 1. The van der Waals surface area contributed by atoms with Gasteiger partial charge in [-0.2, -0.15) is 0 Å². The van der Waals surface area contributed by atoms with E-state index in [0.717, 1.165) is 0 Å². The lowest BCUT2D eigenvalue weighted by molar-refractivity contribution is 0.413. The van der Waals surface area contributed by atoms with E-state index in [0.29, 0.717) is 16.6 Å². The van der Waals surface area contributed by atoms with Gasteiger partial charge in [0.25, 0.3) is 6.54 Å². The van der Waals surface area contributed by atoms with E-state index in [-0.39, 0.29) is 6.54 Å². The maximum absolute atomic E-state index is 6.62. The van der Waals surface area contributed by atoms with Crippen LogP contribution in [0.3, 0.4) is 0 Å². The number of hydrogen-bond acceptors (Lipinski definition) is 2. The zero-order valence-electron chi connectivity index (χ0n) is 6.54. The molecule has 1 heterocycles. The Labute approximate surface area is 75.8 Å². The summed E-state index contributed by atoms with van der Waals surface area (Å²) in [5.74, 6) is 0.533. The molecule has 62 valence electrons. The van der Waals surface area contributed by atoms with Crippen molar-refractivity contribution in [2.24, 2.45) is 0 Å². The van der Waals surface area contributed by atoms with Crippen LogP contribution in [0.15, 0.2) is 12.1 Å². The van der Waals surface area contributed by atoms with Crippen molar-refractivity contribution in [3.63, 3.8) is 0 Å². The van der Waals surface area contributed by atoms with E-state index in [1.54, 1.807) is 12.1 Å². The van der Waals surface area contributed by atoms with Crippen LogP contribution in [0.2, 0.25) is 5.15 Å². The number of ether oxygens (including phenoxy) is 1. The maximum Gasteiger partial charge on any atom is 0.256 e. The third kappa shape index (κ3) is 1.86. The van der Waals surface area contributed by atoms with Crippen molar-refractivity contribution < 1.29 is 4.74 Å². The van der Waals surface area contributed by atoms with Gasteiger partial charge in [-0.1, -0.05) is 11.6 Å². The maximum atomic E-state index is 6.62. The molecular weight excluding hydrogens is 176 g/mol. The molecule has 0 bridgehead atoms. The first-order valence-electron chi connectivity index (χ1n) is 3.30. The Kier molecular flexibility index (Phi) is 2.89. The van der Waals surface area contributed by atoms with Gasteiger partial charge in [0.1, 0.15) is 5.69 Å². The third-order valence-corrected chi connectivity index (χ3v) is 1.60. The molecule has 0 aliphatic rings. The molecule has 0 atom stereocenters. The van der Waals surface area contributed by atoms with Crippen LogP contribution in [-0.2, 0) is 6.54 Å². The van der Waals surface area contributed by atoms with Crippen molar-refractivity contribution in [1.82, 2.24) is 4.98 Å². The Morgan fingerprint density at radius 2 is 2.42 bits per heavy atom. The molecule has 0 saturated carbocycles. The topological polar surface area (TPSA) is 26.5 Å². The highest BCUT2D eigenvalue weighted by molar-refractivity contribution is 6.30. The lowest BCUT2D eigenvalue weighted by Gasteiger charge is -2.00. The second-order valence-electron chi connectivity index (χ2n) is 2.11. The van der Waals surface area contributed by atoms with Crippen molar-refractivity contribution >= 4 is 11.6 Å². The lowest BCUT2D eigenvalue weighted by atomic mass is 10.3. The molecule has 0 aromatic carbocycles. The molecule has 3 nitrogen and oxygen atoms in total. The Morgan fingerprint density at radius 3 is 2.92 bits per heavy atom. The molecule has 1 aromatic rings. The second kappa shape index (κ2) is 3.93. The summed E-state index contributed by atoms with van der Waals surface area (Å²) in [5, 5.41) is 0.304. The summed E-state index contributed by atoms with van der Waals surface area (Å²) in [4.78, 5) is 7.15. The molecule has 0 unspecified atom stereocenters. The largest absolute Gasteiger partial charge is 0.494 e. The summed E-state index contributed by atoms with van der Waals surface area (Å²) >= 11 is 5.73. The third-order valence-electron chi connectivity index (χ3n) is 1.33. The van der Waals surface area contributed by atoms with Crippen LogP contribution < -0.4 is 4.74 Å². The minimum Gasteiger partial charge on any atom is -0.494 e.